The van der Waals surface area contributed by atoms with Gasteiger partial charge in [-0.15, -0.1) is 0 Å². The molecule has 2 rings (SSSR count). The average Bonchev–Trinajstić information content (AvgIpc) is 2.19. The molecule has 1 fully saturated rings. The van der Waals surface area contributed by atoms with Crippen LogP contribution >= 0.6 is 0 Å². The normalized spacial score (nSPS) is 22.7. The maximum Gasteiger partial charge on any atom is 0.196 e. The minimum atomic E-state index is 1.03. The van der Waals surface area contributed by atoms with E-state index in [0.717, 1.165) is 6.54 Å². The molecule has 2 aliphatic rings. The lowest BCUT2D eigenvalue weighted by Gasteiger charge is -2.41. The van der Waals surface area contributed by atoms with Crippen LogP contribution in [0.25, 0.3) is 0 Å². The molecule has 0 spiro atoms. The van der Waals surface area contributed by atoms with Crippen molar-refractivity contribution in [3.8, 4) is 0 Å². The van der Waals surface area contributed by atoms with Gasteiger partial charge in [-0.1, -0.05) is 6.92 Å². The molecule has 74 valence electrons. The molecule has 0 saturated carbocycles. The van der Waals surface area contributed by atoms with Gasteiger partial charge in [-0.05, 0) is 19.3 Å². The third-order valence-corrected chi connectivity index (χ3v) is 2.75. The van der Waals surface area contributed by atoms with Gasteiger partial charge in [0.15, 0.2) is 5.96 Å². The Hall–Kier alpha value is -0.730. The van der Waals surface area contributed by atoms with Crippen LogP contribution in [0, 0.1) is 0 Å². The first-order chi connectivity index (χ1) is 6.42. The first kappa shape index (κ1) is 8.85. The van der Waals surface area contributed by atoms with Gasteiger partial charge in [-0.25, -0.2) is 0 Å². The number of fused-ring (bicyclic) bond motifs is 1. The second kappa shape index (κ2) is 3.99. The van der Waals surface area contributed by atoms with Crippen LogP contribution in [-0.2, 0) is 0 Å². The van der Waals surface area contributed by atoms with Crippen molar-refractivity contribution in [2.75, 3.05) is 32.7 Å². The van der Waals surface area contributed by atoms with Crippen molar-refractivity contribution in [3.63, 3.8) is 0 Å². The van der Waals surface area contributed by atoms with Crippen molar-refractivity contribution < 1.29 is 0 Å². The molecule has 3 heteroatoms. The molecule has 0 aliphatic carbocycles. The Morgan fingerprint density at radius 3 is 2.92 bits per heavy atom. The van der Waals surface area contributed by atoms with Crippen LogP contribution in [0.5, 0.6) is 0 Å². The molecule has 0 bridgehead atoms. The highest BCUT2D eigenvalue weighted by Gasteiger charge is 2.24. The SMILES string of the molecule is CCCN1CCCN2CCCN=C12. The van der Waals surface area contributed by atoms with Gasteiger partial charge in [0.25, 0.3) is 0 Å². The van der Waals surface area contributed by atoms with Crippen molar-refractivity contribution in [2.45, 2.75) is 26.2 Å². The summed E-state index contributed by atoms with van der Waals surface area (Å²) in [7, 11) is 0. The van der Waals surface area contributed by atoms with Crippen molar-refractivity contribution in [2.24, 2.45) is 4.99 Å². The largest absolute Gasteiger partial charge is 0.343 e. The predicted octanol–water partition coefficient (Wildman–Crippen LogP) is 1.16. The molecule has 0 amide bonds. The zero-order chi connectivity index (χ0) is 9.10. The molecule has 3 nitrogen and oxygen atoms in total. The Morgan fingerprint density at radius 1 is 1.23 bits per heavy atom. The Labute approximate surface area is 80.4 Å². The molecular weight excluding hydrogens is 162 g/mol. The summed E-state index contributed by atoms with van der Waals surface area (Å²) in [6, 6.07) is 0. The van der Waals surface area contributed by atoms with Gasteiger partial charge >= 0.3 is 0 Å². The summed E-state index contributed by atoms with van der Waals surface area (Å²) in [4.78, 5) is 9.51. The topological polar surface area (TPSA) is 18.8 Å². The summed E-state index contributed by atoms with van der Waals surface area (Å²) in [5.74, 6) is 1.28. The molecule has 0 aromatic carbocycles. The van der Waals surface area contributed by atoms with Crippen molar-refractivity contribution in [1.29, 1.82) is 0 Å². The van der Waals surface area contributed by atoms with Crippen LogP contribution in [0.1, 0.15) is 26.2 Å². The zero-order valence-corrected chi connectivity index (χ0v) is 8.50. The van der Waals surface area contributed by atoms with Crippen LogP contribution in [0.3, 0.4) is 0 Å². The molecule has 0 atom stereocenters. The number of nitrogens with zero attached hydrogens (tertiary/aromatic N) is 3. The van der Waals surface area contributed by atoms with Crippen molar-refractivity contribution in [3.05, 3.63) is 0 Å². The Bertz CT molecular complexity index is 198. The van der Waals surface area contributed by atoms with E-state index in [1.165, 1.54) is 51.4 Å². The first-order valence-corrected chi connectivity index (χ1v) is 5.46. The van der Waals surface area contributed by atoms with Gasteiger partial charge in [-0.3, -0.25) is 4.99 Å². The van der Waals surface area contributed by atoms with Crippen molar-refractivity contribution >= 4 is 5.96 Å². The average molecular weight is 181 g/mol. The number of aliphatic imine (C=N–C) groups is 1. The number of hydrogen-bond acceptors (Lipinski definition) is 3. The summed E-state index contributed by atoms with van der Waals surface area (Å²) >= 11 is 0. The third-order valence-electron chi connectivity index (χ3n) is 2.75. The lowest BCUT2D eigenvalue weighted by molar-refractivity contribution is 0.244. The standard InChI is InChI=1S/C10H19N3/c1-2-6-12-8-4-9-13-7-3-5-11-10(12)13/h2-9H2,1H3. The van der Waals surface area contributed by atoms with Gasteiger partial charge < -0.3 is 9.80 Å². The minimum absolute atomic E-state index is 1.03. The fourth-order valence-corrected chi connectivity index (χ4v) is 2.19. The number of rotatable bonds is 2. The van der Waals surface area contributed by atoms with E-state index in [1.807, 2.05) is 0 Å². The van der Waals surface area contributed by atoms with E-state index in [1.54, 1.807) is 0 Å². The molecule has 0 N–H and O–H groups in total. The first-order valence-electron chi connectivity index (χ1n) is 5.46. The summed E-state index contributed by atoms with van der Waals surface area (Å²) in [6.45, 7) is 8.10. The Morgan fingerprint density at radius 2 is 2.08 bits per heavy atom. The van der Waals surface area contributed by atoms with E-state index in [2.05, 4.69) is 21.7 Å². The molecule has 2 heterocycles. The highest BCUT2D eigenvalue weighted by molar-refractivity contribution is 5.81. The molecule has 0 aromatic rings. The van der Waals surface area contributed by atoms with Crippen LogP contribution < -0.4 is 0 Å². The lowest BCUT2D eigenvalue weighted by atomic mass is 10.2. The van der Waals surface area contributed by atoms with Gasteiger partial charge in [0.05, 0.1) is 0 Å². The molecular formula is C10H19N3. The monoisotopic (exact) mass is 181 g/mol. The van der Waals surface area contributed by atoms with E-state index in [4.69, 9.17) is 0 Å². The molecule has 0 aromatic heterocycles. The summed E-state index contributed by atoms with van der Waals surface area (Å²) in [5.41, 5.74) is 0. The molecule has 1 saturated heterocycles. The molecule has 13 heavy (non-hydrogen) atoms. The van der Waals surface area contributed by atoms with Crippen LogP contribution in [0.4, 0.5) is 0 Å². The van der Waals surface area contributed by atoms with Gasteiger partial charge in [-0.2, -0.15) is 0 Å². The maximum atomic E-state index is 4.62. The van der Waals surface area contributed by atoms with Crippen LogP contribution in [0.2, 0.25) is 0 Å². The third kappa shape index (κ3) is 1.79. The second-order valence-corrected chi connectivity index (χ2v) is 3.86. The molecule has 0 unspecified atom stereocenters. The van der Waals surface area contributed by atoms with E-state index in [0.29, 0.717) is 0 Å². The highest BCUT2D eigenvalue weighted by atomic mass is 15.4. The van der Waals surface area contributed by atoms with Gasteiger partial charge in [0.2, 0.25) is 0 Å². The van der Waals surface area contributed by atoms with Crippen LogP contribution in [-0.4, -0.2) is 48.5 Å². The molecule has 2 aliphatic heterocycles. The van der Waals surface area contributed by atoms with Gasteiger partial charge in [0, 0.05) is 32.7 Å². The summed E-state index contributed by atoms with van der Waals surface area (Å²) in [6.07, 6.45) is 3.77. The quantitative estimate of drug-likeness (QED) is 0.636. The van der Waals surface area contributed by atoms with Crippen LogP contribution in [0.15, 0.2) is 4.99 Å². The number of guanidine groups is 1. The van der Waals surface area contributed by atoms with E-state index >= 15 is 0 Å². The molecule has 0 radical (unpaired) electrons. The maximum absolute atomic E-state index is 4.62. The zero-order valence-electron chi connectivity index (χ0n) is 8.50. The highest BCUT2D eigenvalue weighted by Crippen LogP contribution is 2.13. The van der Waals surface area contributed by atoms with E-state index in [9.17, 15) is 0 Å². The summed E-state index contributed by atoms with van der Waals surface area (Å²) in [5, 5.41) is 0. The minimum Gasteiger partial charge on any atom is -0.343 e. The second-order valence-electron chi connectivity index (χ2n) is 3.86. The number of hydrogen-bond donors (Lipinski definition) is 0. The smallest absolute Gasteiger partial charge is 0.196 e. The van der Waals surface area contributed by atoms with Gasteiger partial charge in [0.1, 0.15) is 0 Å². The fraction of sp³-hybridized carbons (Fsp3) is 0.900. The Balaban J connectivity index is 2.05. The fourth-order valence-electron chi connectivity index (χ4n) is 2.19. The lowest BCUT2D eigenvalue weighted by Crippen LogP contribution is -2.52. The summed E-state index contributed by atoms with van der Waals surface area (Å²) < 4.78 is 0. The van der Waals surface area contributed by atoms with Crippen molar-refractivity contribution in [1.82, 2.24) is 9.80 Å². The Kier molecular flexibility index (Phi) is 2.71. The van der Waals surface area contributed by atoms with E-state index < -0.39 is 0 Å². The predicted molar refractivity (Wildman–Crippen MR) is 55.0 cm³/mol. The van der Waals surface area contributed by atoms with E-state index in [-0.39, 0.29) is 0 Å².